The van der Waals surface area contributed by atoms with E-state index < -0.39 is 10.0 Å². The topological polar surface area (TPSA) is 57.6 Å². The van der Waals surface area contributed by atoms with Crippen molar-refractivity contribution in [3.05, 3.63) is 29.8 Å². The van der Waals surface area contributed by atoms with Crippen LogP contribution in [0.2, 0.25) is 0 Å². The lowest BCUT2D eigenvalue weighted by Gasteiger charge is -2.19. The number of phenolic OH excluding ortho intramolecular Hbond substituents is 1. The van der Waals surface area contributed by atoms with Crippen LogP contribution in [0.25, 0.3) is 0 Å². The molecular formula is C12H18ClNO3S. The summed E-state index contributed by atoms with van der Waals surface area (Å²) in [6, 6.07) is 6.48. The minimum atomic E-state index is -3.29. The van der Waals surface area contributed by atoms with Crippen LogP contribution in [0.3, 0.4) is 0 Å². The maximum atomic E-state index is 12.0. The van der Waals surface area contributed by atoms with E-state index in [4.69, 9.17) is 16.7 Å². The number of halogens is 1. The molecule has 4 nitrogen and oxygen atoms in total. The molecule has 1 aromatic rings. The number of aromatic hydroxyl groups is 1. The van der Waals surface area contributed by atoms with Crippen LogP contribution >= 0.6 is 11.6 Å². The van der Waals surface area contributed by atoms with Crippen molar-refractivity contribution < 1.29 is 13.5 Å². The fourth-order valence-corrected chi connectivity index (χ4v) is 3.16. The van der Waals surface area contributed by atoms with Gasteiger partial charge >= 0.3 is 0 Å². The van der Waals surface area contributed by atoms with Crippen molar-refractivity contribution in [1.29, 1.82) is 0 Å². The summed E-state index contributed by atoms with van der Waals surface area (Å²) in [6.07, 6.45) is 0. The molecule has 0 aliphatic rings. The molecule has 0 bridgehead atoms. The zero-order valence-corrected chi connectivity index (χ0v) is 12.1. The minimum absolute atomic E-state index is 0.0467. The fraction of sp³-hybridized carbons (Fsp3) is 0.500. The number of rotatable bonds is 6. The van der Waals surface area contributed by atoms with E-state index in [9.17, 15) is 8.42 Å². The van der Waals surface area contributed by atoms with Gasteiger partial charge in [0.15, 0.2) is 0 Å². The van der Waals surface area contributed by atoms with Gasteiger partial charge in [-0.2, -0.15) is 0 Å². The molecule has 6 heteroatoms. The third-order valence-electron chi connectivity index (χ3n) is 2.57. The zero-order chi connectivity index (χ0) is 13.8. The minimum Gasteiger partial charge on any atom is -0.508 e. The second kappa shape index (κ2) is 6.41. The number of sulfonamides is 1. The standard InChI is InChI=1S/C12H18ClNO3S/c1-10(7-13)9-18(16,17)14(2)8-11-3-5-12(15)6-4-11/h3-6,10,15H,7-9H2,1-2H3. The monoisotopic (exact) mass is 291 g/mol. The first-order valence-corrected chi connectivity index (χ1v) is 7.77. The summed E-state index contributed by atoms with van der Waals surface area (Å²) in [4.78, 5) is 0. The smallest absolute Gasteiger partial charge is 0.214 e. The van der Waals surface area contributed by atoms with E-state index in [0.717, 1.165) is 5.56 Å². The summed E-state index contributed by atoms with van der Waals surface area (Å²) < 4.78 is 25.3. The molecule has 0 saturated carbocycles. The Kier molecular flexibility index (Phi) is 5.44. The summed E-state index contributed by atoms with van der Waals surface area (Å²) in [6.45, 7) is 2.09. The summed E-state index contributed by atoms with van der Waals surface area (Å²) >= 11 is 5.63. The number of nitrogens with zero attached hydrogens (tertiary/aromatic N) is 1. The van der Waals surface area contributed by atoms with Gasteiger partial charge in [-0.25, -0.2) is 12.7 Å². The Hall–Kier alpha value is -0.780. The largest absolute Gasteiger partial charge is 0.508 e. The second-order valence-electron chi connectivity index (χ2n) is 4.46. The van der Waals surface area contributed by atoms with Gasteiger partial charge in [-0.3, -0.25) is 0 Å². The molecule has 0 saturated heterocycles. The number of hydrogen-bond acceptors (Lipinski definition) is 3. The molecule has 18 heavy (non-hydrogen) atoms. The molecule has 1 aromatic carbocycles. The van der Waals surface area contributed by atoms with E-state index in [-0.39, 0.29) is 24.0 Å². The van der Waals surface area contributed by atoms with Crippen LogP contribution in [0.5, 0.6) is 5.75 Å². The third-order valence-corrected chi connectivity index (χ3v) is 5.17. The van der Waals surface area contributed by atoms with Crippen molar-refractivity contribution >= 4 is 21.6 Å². The normalized spacial score (nSPS) is 13.8. The maximum Gasteiger partial charge on any atom is 0.214 e. The highest BCUT2D eigenvalue weighted by Crippen LogP contribution is 2.14. The molecule has 0 aromatic heterocycles. The number of alkyl halides is 1. The van der Waals surface area contributed by atoms with Gasteiger partial charge < -0.3 is 5.11 Å². The van der Waals surface area contributed by atoms with Crippen LogP contribution in [0.15, 0.2) is 24.3 Å². The van der Waals surface area contributed by atoms with Gasteiger partial charge in [0, 0.05) is 19.5 Å². The molecule has 0 radical (unpaired) electrons. The second-order valence-corrected chi connectivity index (χ2v) is 6.89. The molecule has 0 aliphatic carbocycles. The molecule has 1 N–H and O–H groups in total. The highest BCUT2D eigenvalue weighted by Gasteiger charge is 2.20. The lowest BCUT2D eigenvalue weighted by Crippen LogP contribution is -2.31. The molecule has 0 aliphatic heterocycles. The fourth-order valence-electron chi connectivity index (χ4n) is 1.49. The van der Waals surface area contributed by atoms with Crippen LogP contribution in [0, 0.1) is 5.92 Å². The van der Waals surface area contributed by atoms with E-state index in [2.05, 4.69) is 0 Å². The first-order valence-electron chi connectivity index (χ1n) is 5.63. The molecule has 0 amide bonds. The maximum absolute atomic E-state index is 12.0. The van der Waals surface area contributed by atoms with E-state index in [1.54, 1.807) is 26.1 Å². The molecule has 1 atom stereocenters. The predicted molar refractivity (Wildman–Crippen MR) is 73.2 cm³/mol. The summed E-state index contributed by atoms with van der Waals surface area (Å²) in [5, 5.41) is 9.16. The number of phenols is 1. The first kappa shape index (κ1) is 15.3. The quantitative estimate of drug-likeness (QED) is 0.816. The van der Waals surface area contributed by atoms with Gasteiger partial charge in [0.1, 0.15) is 5.75 Å². The van der Waals surface area contributed by atoms with Gasteiger partial charge in [0.05, 0.1) is 5.75 Å². The Bertz CT molecular complexity index is 473. The lowest BCUT2D eigenvalue weighted by molar-refractivity contribution is 0.458. The predicted octanol–water partition coefficient (Wildman–Crippen LogP) is 2.03. The highest BCUT2D eigenvalue weighted by molar-refractivity contribution is 7.89. The highest BCUT2D eigenvalue weighted by atomic mass is 35.5. The van der Waals surface area contributed by atoms with E-state index in [1.807, 2.05) is 0 Å². The van der Waals surface area contributed by atoms with Crippen molar-refractivity contribution in [1.82, 2.24) is 4.31 Å². The van der Waals surface area contributed by atoms with Crippen LogP contribution in [0.1, 0.15) is 12.5 Å². The van der Waals surface area contributed by atoms with E-state index in [0.29, 0.717) is 5.88 Å². The van der Waals surface area contributed by atoms with Crippen LogP contribution in [-0.4, -0.2) is 36.5 Å². The van der Waals surface area contributed by atoms with E-state index in [1.165, 1.54) is 16.4 Å². The van der Waals surface area contributed by atoms with Crippen LogP contribution in [-0.2, 0) is 16.6 Å². The molecular weight excluding hydrogens is 274 g/mol. The Morgan fingerprint density at radius 3 is 2.39 bits per heavy atom. The SMILES string of the molecule is CC(CCl)CS(=O)(=O)N(C)Cc1ccc(O)cc1. The Morgan fingerprint density at radius 2 is 1.89 bits per heavy atom. The van der Waals surface area contributed by atoms with Crippen LogP contribution < -0.4 is 0 Å². The van der Waals surface area contributed by atoms with Gasteiger partial charge in [-0.1, -0.05) is 19.1 Å². The average Bonchev–Trinajstić information content (AvgIpc) is 2.31. The van der Waals surface area contributed by atoms with Crippen molar-refractivity contribution in [3.8, 4) is 5.75 Å². The summed E-state index contributed by atoms with van der Waals surface area (Å²) in [5.74, 6) is 0.469. The van der Waals surface area contributed by atoms with Crippen molar-refractivity contribution in [2.75, 3.05) is 18.7 Å². The van der Waals surface area contributed by atoms with Crippen molar-refractivity contribution in [2.45, 2.75) is 13.5 Å². The zero-order valence-electron chi connectivity index (χ0n) is 10.5. The van der Waals surface area contributed by atoms with Crippen molar-refractivity contribution in [2.24, 2.45) is 5.92 Å². The Labute approximate surface area is 113 Å². The Morgan fingerprint density at radius 1 is 1.33 bits per heavy atom. The van der Waals surface area contributed by atoms with Crippen molar-refractivity contribution in [3.63, 3.8) is 0 Å². The van der Waals surface area contributed by atoms with Gasteiger partial charge in [0.25, 0.3) is 0 Å². The summed E-state index contributed by atoms with van der Waals surface area (Å²) in [7, 11) is -1.75. The first-order chi connectivity index (χ1) is 8.35. The molecule has 1 unspecified atom stereocenters. The number of hydrogen-bond donors (Lipinski definition) is 1. The average molecular weight is 292 g/mol. The summed E-state index contributed by atoms with van der Waals surface area (Å²) in [5.41, 5.74) is 0.831. The van der Waals surface area contributed by atoms with Crippen LogP contribution in [0.4, 0.5) is 0 Å². The lowest BCUT2D eigenvalue weighted by atomic mass is 10.2. The molecule has 0 spiro atoms. The molecule has 102 valence electrons. The van der Waals surface area contributed by atoms with Gasteiger partial charge in [-0.05, 0) is 23.6 Å². The van der Waals surface area contributed by atoms with Gasteiger partial charge in [-0.15, -0.1) is 11.6 Å². The number of benzene rings is 1. The Balaban J connectivity index is 2.69. The van der Waals surface area contributed by atoms with Gasteiger partial charge in [0.2, 0.25) is 10.0 Å². The van der Waals surface area contributed by atoms with E-state index >= 15 is 0 Å². The third kappa shape index (κ3) is 4.48. The molecule has 1 rings (SSSR count). The molecule has 0 fully saturated rings. The molecule has 0 heterocycles.